The van der Waals surface area contributed by atoms with Crippen molar-refractivity contribution in [2.45, 2.75) is 31.5 Å². The highest BCUT2D eigenvalue weighted by molar-refractivity contribution is 5.88. The highest BCUT2D eigenvalue weighted by Crippen LogP contribution is 2.25. The Labute approximate surface area is 109 Å². The van der Waals surface area contributed by atoms with E-state index in [1.807, 2.05) is 0 Å². The summed E-state index contributed by atoms with van der Waals surface area (Å²) in [5.74, 6) is -1.08. The summed E-state index contributed by atoms with van der Waals surface area (Å²) in [6.45, 7) is 1.23. The molecule has 0 bridgehead atoms. The summed E-state index contributed by atoms with van der Waals surface area (Å²) < 4.78 is 6.69. The van der Waals surface area contributed by atoms with E-state index in [0.717, 1.165) is 0 Å². The highest BCUT2D eigenvalue weighted by Gasteiger charge is 2.48. The summed E-state index contributed by atoms with van der Waals surface area (Å²) in [6, 6.07) is 1.58. The van der Waals surface area contributed by atoms with E-state index < -0.39 is 37.1 Å². The van der Waals surface area contributed by atoms with Gasteiger partial charge in [0.05, 0.1) is 6.61 Å². The lowest BCUT2D eigenvalue weighted by Gasteiger charge is -2.10. The van der Waals surface area contributed by atoms with Crippen LogP contribution in [-0.4, -0.2) is 51.3 Å². The first-order valence-corrected chi connectivity index (χ1v) is 5.83. The first kappa shape index (κ1) is 13.9. The van der Waals surface area contributed by atoms with Crippen LogP contribution >= 0.6 is 0 Å². The van der Waals surface area contributed by atoms with Gasteiger partial charge >= 0.3 is 5.97 Å². The Morgan fingerprint density at radius 1 is 1.42 bits per heavy atom. The quantitative estimate of drug-likeness (QED) is 0.502. The number of aromatic nitrogens is 1. The number of nitrogens with zero attached hydrogens (tertiary/aromatic N) is 1. The second kappa shape index (κ2) is 5.22. The predicted octanol–water partition coefficient (Wildman–Crippen LogP) is -1.41. The van der Waals surface area contributed by atoms with E-state index in [4.69, 9.17) is 14.9 Å². The molecular weight excluding hydrogens is 254 g/mol. The highest BCUT2D eigenvalue weighted by atomic mass is 16.6. The summed E-state index contributed by atoms with van der Waals surface area (Å²) in [5, 5.41) is 37.6. The molecule has 4 N–H and O–H groups in total. The lowest BCUT2D eigenvalue weighted by molar-refractivity contribution is -0.765. The molecule has 7 heteroatoms. The number of rotatable bonds is 3. The average molecular weight is 270 g/mol. The van der Waals surface area contributed by atoms with Crippen LogP contribution in [0, 0.1) is 6.92 Å². The summed E-state index contributed by atoms with van der Waals surface area (Å²) in [6.07, 6.45) is -1.36. The molecule has 0 radical (unpaired) electrons. The van der Waals surface area contributed by atoms with Crippen LogP contribution in [0.3, 0.4) is 0 Å². The fraction of sp³-hybridized carbons (Fsp3) is 0.500. The van der Waals surface area contributed by atoms with Gasteiger partial charge in [0.2, 0.25) is 0 Å². The Kier molecular flexibility index (Phi) is 3.81. The van der Waals surface area contributed by atoms with Gasteiger partial charge in [-0.3, -0.25) is 0 Å². The zero-order valence-electron chi connectivity index (χ0n) is 10.3. The molecular formula is C12H16NO6+. The second-order valence-electron chi connectivity index (χ2n) is 4.52. The van der Waals surface area contributed by atoms with Gasteiger partial charge in [-0.2, -0.15) is 4.57 Å². The van der Waals surface area contributed by atoms with Crippen molar-refractivity contribution in [3.8, 4) is 0 Å². The van der Waals surface area contributed by atoms with Gasteiger partial charge in [-0.05, 0) is 12.5 Å². The number of hydrogen-bond donors (Lipinski definition) is 4. The minimum absolute atomic E-state index is 0.0836. The largest absolute Gasteiger partial charge is 0.477 e. The van der Waals surface area contributed by atoms with Crippen molar-refractivity contribution < 1.29 is 34.5 Å². The Hall–Kier alpha value is -1.54. The Balaban J connectivity index is 2.33. The zero-order valence-corrected chi connectivity index (χ0v) is 10.3. The Bertz CT molecular complexity index is 491. The van der Waals surface area contributed by atoms with Gasteiger partial charge < -0.3 is 25.2 Å². The Morgan fingerprint density at radius 3 is 2.63 bits per heavy atom. The van der Waals surface area contributed by atoms with Crippen molar-refractivity contribution in [2.75, 3.05) is 6.61 Å². The van der Waals surface area contributed by atoms with E-state index in [1.54, 1.807) is 19.2 Å². The van der Waals surface area contributed by atoms with Crippen LogP contribution in [-0.2, 0) is 4.74 Å². The minimum atomic E-state index is -1.23. The molecule has 1 aromatic heterocycles. The SMILES string of the molecule is Cc1cc[n+]([C@@H]2O[C@H](CO)[C@@H](O)[C@H]2O)cc1C(=O)O. The fourth-order valence-corrected chi connectivity index (χ4v) is 2.09. The normalized spacial score (nSPS) is 30.5. The molecule has 2 rings (SSSR count). The maximum Gasteiger partial charge on any atom is 0.342 e. The number of aliphatic hydroxyl groups excluding tert-OH is 3. The van der Waals surface area contributed by atoms with Crippen LogP contribution in [0.5, 0.6) is 0 Å². The first-order valence-electron chi connectivity index (χ1n) is 5.83. The lowest BCUT2D eigenvalue weighted by Crippen LogP contribution is -2.46. The minimum Gasteiger partial charge on any atom is -0.477 e. The summed E-state index contributed by atoms with van der Waals surface area (Å²) in [4.78, 5) is 11.0. The molecule has 104 valence electrons. The molecule has 0 spiro atoms. The van der Waals surface area contributed by atoms with Crippen LogP contribution < -0.4 is 4.57 Å². The fourth-order valence-electron chi connectivity index (χ4n) is 2.09. The number of aliphatic hydroxyl groups is 3. The van der Waals surface area contributed by atoms with E-state index in [-0.39, 0.29) is 5.56 Å². The van der Waals surface area contributed by atoms with Crippen LogP contribution in [0.1, 0.15) is 22.1 Å². The number of aromatic carboxylic acids is 1. The van der Waals surface area contributed by atoms with Crippen molar-refractivity contribution in [3.05, 3.63) is 29.6 Å². The molecule has 2 heterocycles. The second-order valence-corrected chi connectivity index (χ2v) is 4.52. The number of pyridine rings is 1. The molecule has 4 atom stereocenters. The average Bonchev–Trinajstić information content (AvgIpc) is 2.66. The summed E-state index contributed by atoms with van der Waals surface area (Å²) in [5.41, 5.74) is 0.663. The van der Waals surface area contributed by atoms with E-state index >= 15 is 0 Å². The van der Waals surface area contributed by atoms with E-state index in [9.17, 15) is 15.0 Å². The molecule has 1 fully saturated rings. The standard InChI is InChI=1S/C12H15NO6/c1-6-2-3-13(4-7(6)12(17)18)11-10(16)9(15)8(5-14)19-11/h2-4,8-11,14-16H,5H2,1H3/p+1/t8-,9-,10-,11-/m1/s1. The summed E-state index contributed by atoms with van der Waals surface area (Å²) >= 11 is 0. The maximum absolute atomic E-state index is 11.0. The van der Waals surface area contributed by atoms with Crippen molar-refractivity contribution in [1.29, 1.82) is 0 Å². The van der Waals surface area contributed by atoms with Crippen LogP contribution in [0.25, 0.3) is 0 Å². The van der Waals surface area contributed by atoms with E-state index in [1.165, 1.54) is 10.8 Å². The van der Waals surface area contributed by atoms with E-state index in [0.29, 0.717) is 5.56 Å². The third-order valence-electron chi connectivity index (χ3n) is 3.24. The molecule has 7 nitrogen and oxygen atoms in total. The van der Waals surface area contributed by atoms with Gasteiger partial charge in [0.1, 0.15) is 17.8 Å². The molecule has 19 heavy (non-hydrogen) atoms. The number of aryl methyl sites for hydroxylation is 1. The molecule has 0 aliphatic carbocycles. The Morgan fingerprint density at radius 2 is 2.11 bits per heavy atom. The number of carboxylic acid groups (broad SMARTS) is 1. The van der Waals surface area contributed by atoms with Gasteiger partial charge in [0, 0.05) is 6.07 Å². The maximum atomic E-state index is 11.0. The number of ether oxygens (including phenoxy) is 1. The zero-order chi connectivity index (χ0) is 14.2. The molecule has 0 amide bonds. The van der Waals surface area contributed by atoms with Crippen molar-refractivity contribution >= 4 is 5.97 Å². The number of carbonyl (C=O) groups is 1. The van der Waals surface area contributed by atoms with Crippen molar-refractivity contribution in [3.63, 3.8) is 0 Å². The number of hydrogen-bond acceptors (Lipinski definition) is 5. The first-order chi connectivity index (χ1) is 8.95. The van der Waals surface area contributed by atoms with Crippen LogP contribution in [0.4, 0.5) is 0 Å². The smallest absolute Gasteiger partial charge is 0.342 e. The van der Waals surface area contributed by atoms with Gasteiger partial charge in [-0.1, -0.05) is 0 Å². The number of carboxylic acids is 1. The lowest BCUT2D eigenvalue weighted by atomic mass is 10.1. The molecule has 0 aromatic carbocycles. The predicted molar refractivity (Wildman–Crippen MR) is 61.3 cm³/mol. The molecule has 0 unspecified atom stereocenters. The molecule has 1 aromatic rings. The molecule has 1 aliphatic rings. The van der Waals surface area contributed by atoms with E-state index in [2.05, 4.69) is 0 Å². The van der Waals surface area contributed by atoms with Crippen molar-refractivity contribution in [1.82, 2.24) is 0 Å². The van der Waals surface area contributed by atoms with Crippen LogP contribution in [0.15, 0.2) is 18.5 Å². The molecule has 1 aliphatic heterocycles. The van der Waals surface area contributed by atoms with Gasteiger partial charge in [-0.25, -0.2) is 4.79 Å². The summed E-state index contributed by atoms with van der Waals surface area (Å²) in [7, 11) is 0. The topological polar surface area (TPSA) is 111 Å². The van der Waals surface area contributed by atoms with Gasteiger partial charge in [0.25, 0.3) is 6.23 Å². The third-order valence-corrected chi connectivity index (χ3v) is 3.24. The van der Waals surface area contributed by atoms with Gasteiger partial charge in [-0.15, -0.1) is 0 Å². The van der Waals surface area contributed by atoms with Gasteiger partial charge in [0.15, 0.2) is 18.5 Å². The third kappa shape index (κ3) is 2.45. The van der Waals surface area contributed by atoms with Crippen molar-refractivity contribution in [2.24, 2.45) is 0 Å². The molecule has 1 saturated heterocycles. The molecule has 0 saturated carbocycles. The van der Waals surface area contributed by atoms with Crippen LogP contribution in [0.2, 0.25) is 0 Å². The monoisotopic (exact) mass is 270 g/mol.